The standard InChI is InChI=1S/C24H34N6O2/c1-15(2)29(16(3)4)23(31)14-28-9-7-8-19(13-28)24-20(21-10-18(6)27-32-21)12-25-22-11-17(5)26-30(22)24/h10-12,15-16,19H,7-9,13-14H2,1-6H3/t19-/m0/s1. The molecule has 0 aliphatic carbocycles. The lowest BCUT2D eigenvalue weighted by atomic mass is 9.91. The van der Waals surface area contributed by atoms with Crippen LogP contribution in [0.15, 0.2) is 22.9 Å². The molecular formula is C24H34N6O2. The lowest BCUT2D eigenvalue weighted by Crippen LogP contribution is -2.48. The van der Waals surface area contributed by atoms with Crippen molar-refractivity contribution < 1.29 is 9.32 Å². The Bertz CT molecular complexity index is 1090. The first-order valence-corrected chi connectivity index (χ1v) is 11.6. The predicted molar refractivity (Wildman–Crippen MR) is 123 cm³/mol. The molecule has 0 spiro atoms. The molecule has 1 aliphatic rings. The Balaban J connectivity index is 1.66. The molecule has 0 unspecified atom stereocenters. The van der Waals surface area contributed by atoms with Gasteiger partial charge in [-0.15, -0.1) is 0 Å². The van der Waals surface area contributed by atoms with Crippen molar-refractivity contribution in [1.29, 1.82) is 0 Å². The van der Waals surface area contributed by atoms with Crippen LogP contribution < -0.4 is 0 Å². The highest BCUT2D eigenvalue weighted by Gasteiger charge is 2.30. The average Bonchev–Trinajstić information content (AvgIpc) is 3.31. The van der Waals surface area contributed by atoms with Gasteiger partial charge in [0.1, 0.15) is 0 Å². The van der Waals surface area contributed by atoms with Crippen molar-refractivity contribution in [2.24, 2.45) is 0 Å². The average molecular weight is 439 g/mol. The lowest BCUT2D eigenvalue weighted by Gasteiger charge is -2.36. The molecule has 0 aromatic carbocycles. The van der Waals surface area contributed by atoms with Crippen molar-refractivity contribution >= 4 is 11.6 Å². The summed E-state index contributed by atoms with van der Waals surface area (Å²) in [7, 11) is 0. The lowest BCUT2D eigenvalue weighted by molar-refractivity contribution is -0.136. The van der Waals surface area contributed by atoms with E-state index in [0.717, 1.165) is 54.2 Å². The molecule has 4 heterocycles. The number of carbonyl (C=O) groups is 1. The van der Waals surface area contributed by atoms with Gasteiger partial charge in [0.15, 0.2) is 11.4 Å². The van der Waals surface area contributed by atoms with Crippen LogP contribution in [0.1, 0.15) is 63.5 Å². The van der Waals surface area contributed by atoms with Gasteiger partial charge in [-0.1, -0.05) is 5.16 Å². The van der Waals surface area contributed by atoms with Gasteiger partial charge >= 0.3 is 0 Å². The second-order valence-corrected chi connectivity index (χ2v) is 9.51. The summed E-state index contributed by atoms with van der Waals surface area (Å²) < 4.78 is 7.56. The van der Waals surface area contributed by atoms with E-state index >= 15 is 0 Å². The van der Waals surface area contributed by atoms with E-state index in [9.17, 15) is 4.79 Å². The Morgan fingerprint density at radius 3 is 2.59 bits per heavy atom. The maximum atomic E-state index is 13.1. The number of aryl methyl sites for hydroxylation is 2. The zero-order valence-electron chi connectivity index (χ0n) is 20.0. The Labute approximate surface area is 189 Å². The molecule has 8 heteroatoms. The number of likely N-dealkylation sites (tertiary alicyclic amines) is 1. The molecule has 32 heavy (non-hydrogen) atoms. The molecule has 1 saturated heterocycles. The molecule has 3 aromatic rings. The summed E-state index contributed by atoms with van der Waals surface area (Å²) in [6, 6.07) is 4.31. The minimum Gasteiger partial charge on any atom is -0.356 e. The number of piperidine rings is 1. The van der Waals surface area contributed by atoms with Gasteiger partial charge < -0.3 is 9.42 Å². The molecule has 1 aliphatic heterocycles. The maximum absolute atomic E-state index is 13.1. The predicted octanol–water partition coefficient (Wildman–Crippen LogP) is 3.83. The molecule has 1 fully saturated rings. The fourth-order valence-corrected chi connectivity index (χ4v) is 5.01. The summed E-state index contributed by atoms with van der Waals surface area (Å²) in [5, 5.41) is 8.82. The topological polar surface area (TPSA) is 79.8 Å². The third-order valence-electron chi connectivity index (χ3n) is 6.19. The van der Waals surface area contributed by atoms with Gasteiger partial charge in [0.2, 0.25) is 5.91 Å². The first-order valence-electron chi connectivity index (χ1n) is 11.6. The first kappa shape index (κ1) is 22.5. The Hall–Kier alpha value is -2.74. The van der Waals surface area contributed by atoms with Crippen LogP contribution in [0.25, 0.3) is 17.0 Å². The van der Waals surface area contributed by atoms with Crippen molar-refractivity contribution in [2.75, 3.05) is 19.6 Å². The third kappa shape index (κ3) is 4.41. The maximum Gasteiger partial charge on any atom is 0.237 e. The fourth-order valence-electron chi connectivity index (χ4n) is 5.01. The second-order valence-electron chi connectivity index (χ2n) is 9.51. The van der Waals surface area contributed by atoms with E-state index in [4.69, 9.17) is 9.62 Å². The molecular weight excluding hydrogens is 404 g/mol. The largest absolute Gasteiger partial charge is 0.356 e. The number of hydrogen-bond acceptors (Lipinski definition) is 6. The van der Waals surface area contributed by atoms with Gasteiger partial charge in [0, 0.05) is 42.9 Å². The summed E-state index contributed by atoms with van der Waals surface area (Å²) in [5.41, 5.74) is 4.60. The summed E-state index contributed by atoms with van der Waals surface area (Å²) >= 11 is 0. The van der Waals surface area contributed by atoms with Gasteiger partial charge in [-0.2, -0.15) is 5.10 Å². The van der Waals surface area contributed by atoms with Gasteiger partial charge in [-0.3, -0.25) is 9.69 Å². The number of carbonyl (C=O) groups excluding carboxylic acids is 1. The van der Waals surface area contributed by atoms with Gasteiger partial charge in [0.25, 0.3) is 0 Å². The molecule has 8 nitrogen and oxygen atoms in total. The van der Waals surface area contributed by atoms with E-state index in [2.05, 4.69) is 42.7 Å². The monoisotopic (exact) mass is 438 g/mol. The van der Waals surface area contributed by atoms with Crippen LogP contribution in [0.4, 0.5) is 0 Å². The molecule has 3 aromatic heterocycles. The minimum atomic E-state index is 0.191. The van der Waals surface area contributed by atoms with Crippen molar-refractivity contribution in [1.82, 2.24) is 29.6 Å². The molecule has 0 bridgehead atoms. The van der Waals surface area contributed by atoms with E-state index in [0.29, 0.717) is 12.3 Å². The molecule has 1 amide bonds. The molecule has 172 valence electrons. The van der Waals surface area contributed by atoms with Crippen molar-refractivity contribution in [3.05, 3.63) is 35.4 Å². The van der Waals surface area contributed by atoms with E-state index in [1.165, 1.54) is 0 Å². The van der Waals surface area contributed by atoms with Crippen LogP contribution >= 0.6 is 0 Å². The van der Waals surface area contributed by atoms with E-state index < -0.39 is 0 Å². The number of hydrogen-bond donors (Lipinski definition) is 0. The second kappa shape index (κ2) is 9.02. The number of nitrogens with zero attached hydrogens (tertiary/aromatic N) is 6. The highest BCUT2D eigenvalue weighted by Crippen LogP contribution is 2.35. The van der Waals surface area contributed by atoms with Gasteiger partial charge in [0.05, 0.1) is 29.2 Å². The molecule has 4 rings (SSSR count). The highest BCUT2D eigenvalue weighted by molar-refractivity contribution is 5.79. The van der Waals surface area contributed by atoms with Crippen LogP contribution in [0.3, 0.4) is 0 Å². The van der Waals surface area contributed by atoms with Crippen LogP contribution in [0, 0.1) is 13.8 Å². The van der Waals surface area contributed by atoms with Crippen LogP contribution in [-0.2, 0) is 4.79 Å². The Morgan fingerprint density at radius 1 is 1.19 bits per heavy atom. The number of rotatable bonds is 6. The number of fused-ring (bicyclic) bond motifs is 1. The van der Waals surface area contributed by atoms with Crippen LogP contribution in [0.2, 0.25) is 0 Å². The highest BCUT2D eigenvalue weighted by atomic mass is 16.5. The molecule has 0 radical (unpaired) electrons. The van der Waals surface area contributed by atoms with E-state index in [1.54, 1.807) is 0 Å². The summed E-state index contributed by atoms with van der Waals surface area (Å²) in [4.78, 5) is 22.0. The van der Waals surface area contributed by atoms with Crippen molar-refractivity contribution in [3.8, 4) is 11.3 Å². The van der Waals surface area contributed by atoms with E-state index in [1.807, 2.05) is 41.6 Å². The minimum absolute atomic E-state index is 0.191. The van der Waals surface area contributed by atoms with Crippen LogP contribution in [0.5, 0.6) is 0 Å². The molecule has 0 N–H and O–H groups in total. The Morgan fingerprint density at radius 2 is 1.94 bits per heavy atom. The van der Waals surface area contributed by atoms with Gasteiger partial charge in [-0.25, -0.2) is 9.50 Å². The third-order valence-corrected chi connectivity index (χ3v) is 6.19. The summed E-state index contributed by atoms with van der Waals surface area (Å²) in [5.74, 6) is 1.11. The number of aromatic nitrogens is 4. The fraction of sp³-hybridized carbons (Fsp3) is 0.583. The summed E-state index contributed by atoms with van der Waals surface area (Å²) in [6.07, 6.45) is 3.93. The zero-order chi connectivity index (χ0) is 23.0. The quantitative estimate of drug-likeness (QED) is 0.582. The SMILES string of the molecule is Cc1cc(-c2cnc3cc(C)nn3c2[C@H]2CCCN(CC(=O)N(C(C)C)C(C)C)C2)on1. The molecule has 0 saturated carbocycles. The summed E-state index contributed by atoms with van der Waals surface area (Å²) in [6.45, 7) is 14.4. The smallest absolute Gasteiger partial charge is 0.237 e. The Kier molecular flexibility index (Phi) is 6.33. The first-order chi connectivity index (χ1) is 15.2. The van der Waals surface area contributed by atoms with Crippen LogP contribution in [-0.4, -0.2) is 67.2 Å². The van der Waals surface area contributed by atoms with E-state index in [-0.39, 0.29) is 23.9 Å². The van der Waals surface area contributed by atoms with Gasteiger partial charge in [-0.05, 0) is 60.9 Å². The number of amides is 1. The normalized spacial score (nSPS) is 17.6. The van der Waals surface area contributed by atoms with Crippen molar-refractivity contribution in [3.63, 3.8) is 0 Å². The zero-order valence-corrected chi connectivity index (χ0v) is 20.0. The molecule has 1 atom stereocenters. The van der Waals surface area contributed by atoms with Crippen molar-refractivity contribution in [2.45, 2.75) is 72.4 Å².